The van der Waals surface area contributed by atoms with Crippen molar-refractivity contribution in [1.29, 1.82) is 0 Å². The topological polar surface area (TPSA) is 72.8 Å². The Labute approximate surface area is 152 Å². The molecule has 3 aromatic rings. The molecule has 0 saturated heterocycles. The molecule has 2 aromatic heterocycles. The van der Waals surface area contributed by atoms with E-state index >= 15 is 0 Å². The minimum atomic E-state index is -5.07. The Hall–Kier alpha value is -3.05. The van der Waals surface area contributed by atoms with Gasteiger partial charge in [0.15, 0.2) is 17.2 Å². The van der Waals surface area contributed by atoms with E-state index in [2.05, 4.69) is 19.8 Å². The highest BCUT2D eigenvalue weighted by molar-refractivity contribution is 5.77. The minimum Gasteiger partial charge on any atom is -0.403 e. The van der Waals surface area contributed by atoms with Gasteiger partial charge in [-0.05, 0) is 31.5 Å². The Morgan fingerprint density at radius 3 is 2.50 bits per heavy atom. The number of hydrogen-bond acceptors (Lipinski definition) is 4. The Kier molecular flexibility index (Phi) is 4.81. The first-order valence-electron chi connectivity index (χ1n) is 7.80. The Morgan fingerprint density at radius 1 is 1.25 bits per heavy atom. The van der Waals surface area contributed by atoms with E-state index in [4.69, 9.17) is 0 Å². The number of fused-ring (bicyclic) bond motifs is 1. The van der Waals surface area contributed by atoms with Crippen molar-refractivity contribution >= 4 is 11.0 Å². The van der Waals surface area contributed by atoms with Crippen LogP contribution in [0.15, 0.2) is 23.0 Å². The fourth-order valence-corrected chi connectivity index (χ4v) is 2.73. The van der Waals surface area contributed by atoms with Gasteiger partial charge < -0.3 is 9.72 Å². The lowest BCUT2D eigenvalue weighted by molar-refractivity contribution is -0.275. The number of halogens is 6. The zero-order valence-corrected chi connectivity index (χ0v) is 14.3. The number of nitrogens with one attached hydrogen (secondary N) is 1. The number of benzene rings is 1. The van der Waals surface area contributed by atoms with Crippen LogP contribution in [-0.4, -0.2) is 26.1 Å². The van der Waals surface area contributed by atoms with Gasteiger partial charge in [-0.15, -0.1) is 13.2 Å². The lowest BCUT2D eigenvalue weighted by Crippen LogP contribution is -2.18. The third-order valence-corrected chi connectivity index (χ3v) is 3.94. The van der Waals surface area contributed by atoms with Gasteiger partial charge in [0.1, 0.15) is 16.9 Å². The summed E-state index contributed by atoms with van der Waals surface area (Å²) in [5.74, 6) is -2.19. The van der Waals surface area contributed by atoms with Crippen molar-refractivity contribution < 1.29 is 31.1 Å². The van der Waals surface area contributed by atoms with E-state index in [-0.39, 0.29) is 17.0 Å². The largest absolute Gasteiger partial charge is 0.573 e. The van der Waals surface area contributed by atoms with Crippen LogP contribution in [0.3, 0.4) is 0 Å². The molecule has 0 aliphatic heterocycles. The SMILES string of the molecule is Cc1nc2c(c(C(F)F)nn2[C@@H](C)c2ccc(OC(F)(F)F)c(F)c2)c(=O)[nH]1. The van der Waals surface area contributed by atoms with E-state index in [9.17, 15) is 31.1 Å². The summed E-state index contributed by atoms with van der Waals surface area (Å²) in [4.78, 5) is 18.4. The van der Waals surface area contributed by atoms with Crippen molar-refractivity contribution in [2.24, 2.45) is 0 Å². The second kappa shape index (κ2) is 6.84. The first-order valence-corrected chi connectivity index (χ1v) is 7.80. The number of ether oxygens (including phenoxy) is 1. The Bertz CT molecular complexity index is 1090. The summed E-state index contributed by atoms with van der Waals surface area (Å²) in [7, 11) is 0. The van der Waals surface area contributed by atoms with Crippen LogP contribution in [-0.2, 0) is 0 Å². The van der Waals surface area contributed by atoms with Crippen LogP contribution in [0.4, 0.5) is 26.3 Å². The van der Waals surface area contributed by atoms with Gasteiger partial charge >= 0.3 is 6.36 Å². The molecule has 1 atom stereocenters. The van der Waals surface area contributed by atoms with Crippen LogP contribution < -0.4 is 10.3 Å². The monoisotopic (exact) mass is 406 g/mol. The molecule has 28 heavy (non-hydrogen) atoms. The molecule has 0 saturated carbocycles. The average Bonchev–Trinajstić information content (AvgIpc) is 2.94. The lowest BCUT2D eigenvalue weighted by Gasteiger charge is -2.15. The highest BCUT2D eigenvalue weighted by Gasteiger charge is 2.32. The summed E-state index contributed by atoms with van der Waals surface area (Å²) >= 11 is 0. The third-order valence-electron chi connectivity index (χ3n) is 3.94. The van der Waals surface area contributed by atoms with Gasteiger partial charge in [0.25, 0.3) is 12.0 Å². The molecule has 3 rings (SSSR count). The molecule has 0 radical (unpaired) electrons. The van der Waals surface area contributed by atoms with Gasteiger partial charge in [0, 0.05) is 0 Å². The molecule has 1 aromatic carbocycles. The summed E-state index contributed by atoms with van der Waals surface area (Å²) < 4.78 is 81.9. The molecule has 1 N–H and O–H groups in total. The molecule has 0 spiro atoms. The molecule has 0 aliphatic carbocycles. The van der Waals surface area contributed by atoms with E-state index in [1.807, 2.05) is 0 Å². The highest BCUT2D eigenvalue weighted by atomic mass is 19.4. The Balaban J connectivity index is 2.10. The lowest BCUT2D eigenvalue weighted by atomic mass is 10.1. The van der Waals surface area contributed by atoms with Gasteiger partial charge in [-0.3, -0.25) is 4.79 Å². The highest BCUT2D eigenvalue weighted by Crippen LogP contribution is 2.31. The molecule has 0 bridgehead atoms. The van der Waals surface area contributed by atoms with E-state index in [0.29, 0.717) is 0 Å². The average molecular weight is 406 g/mol. The second-order valence-electron chi connectivity index (χ2n) is 5.89. The summed E-state index contributed by atoms with van der Waals surface area (Å²) in [6.45, 7) is 2.88. The Morgan fingerprint density at radius 2 is 1.93 bits per heavy atom. The quantitative estimate of drug-likeness (QED) is 0.665. The predicted octanol–water partition coefficient (Wildman–Crippen LogP) is 4.01. The number of aryl methyl sites for hydroxylation is 1. The van der Waals surface area contributed by atoms with Crippen molar-refractivity contribution in [3.63, 3.8) is 0 Å². The summed E-state index contributed by atoms with van der Waals surface area (Å²) in [5.41, 5.74) is -1.65. The van der Waals surface area contributed by atoms with Gasteiger partial charge in [-0.1, -0.05) is 6.07 Å². The molecule has 0 unspecified atom stereocenters. The summed E-state index contributed by atoms with van der Waals surface area (Å²) in [6, 6.07) is 1.74. The van der Waals surface area contributed by atoms with Crippen molar-refractivity contribution in [3.8, 4) is 5.75 Å². The predicted molar refractivity (Wildman–Crippen MR) is 84.7 cm³/mol. The van der Waals surface area contributed by atoms with Crippen LogP contribution >= 0.6 is 0 Å². The van der Waals surface area contributed by atoms with E-state index < -0.39 is 47.0 Å². The fraction of sp³-hybridized carbons (Fsp3) is 0.312. The maximum Gasteiger partial charge on any atom is 0.573 e. The number of hydrogen-bond donors (Lipinski definition) is 1. The van der Waals surface area contributed by atoms with Gasteiger partial charge in [-0.2, -0.15) is 5.10 Å². The minimum absolute atomic E-state index is 0.108. The maximum atomic E-state index is 14.0. The van der Waals surface area contributed by atoms with Crippen molar-refractivity contribution in [2.45, 2.75) is 32.7 Å². The second-order valence-corrected chi connectivity index (χ2v) is 5.89. The third kappa shape index (κ3) is 3.66. The van der Waals surface area contributed by atoms with E-state index in [1.54, 1.807) is 0 Å². The maximum absolute atomic E-state index is 14.0. The molecular formula is C16H12F6N4O2. The van der Waals surface area contributed by atoms with E-state index in [0.717, 1.165) is 22.9 Å². The molecular weight excluding hydrogens is 394 g/mol. The van der Waals surface area contributed by atoms with Crippen LogP contribution in [0.25, 0.3) is 11.0 Å². The number of aromatic nitrogens is 4. The molecule has 0 aliphatic rings. The number of nitrogens with zero attached hydrogens (tertiary/aromatic N) is 3. The zero-order valence-electron chi connectivity index (χ0n) is 14.3. The van der Waals surface area contributed by atoms with Crippen molar-refractivity contribution in [3.05, 3.63) is 51.5 Å². The first kappa shape index (κ1) is 19.7. The number of alkyl halides is 5. The zero-order chi connectivity index (χ0) is 20.8. The van der Waals surface area contributed by atoms with Crippen LogP contribution in [0.1, 0.15) is 36.5 Å². The van der Waals surface area contributed by atoms with Crippen molar-refractivity contribution in [2.75, 3.05) is 0 Å². The fourth-order valence-electron chi connectivity index (χ4n) is 2.73. The van der Waals surface area contributed by atoms with Crippen LogP contribution in [0.5, 0.6) is 5.75 Å². The van der Waals surface area contributed by atoms with E-state index in [1.165, 1.54) is 13.8 Å². The summed E-state index contributed by atoms with van der Waals surface area (Å²) in [5, 5.41) is 3.32. The summed E-state index contributed by atoms with van der Waals surface area (Å²) in [6.07, 6.45) is -8.14. The van der Waals surface area contributed by atoms with Crippen molar-refractivity contribution in [1.82, 2.24) is 19.7 Å². The normalized spacial score (nSPS) is 13.3. The first-order chi connectivity index (χ1) is 13.0. The molecule has 2 heterocycles. The number of aromatic amines is 1. The van der Waals surface area contributed by atoms with Gasteiger partial charge in [-0.25, -0.2) is 22.8 Å². The standard InChI is InChI=1S/C16H12F6N4O2/c1-6(8-3-4-10(9(17)5-8)28-16(20,21)22)26-14-11(12(25-26)13(18)19)15(27)24-7(2)23-14/h3-6,13H,1-2H3,(H,23,24,27)/t6-/m0/s1. The smallest absolute Gasteiger partial charge is 0.403 e. The number of H-pyrrole nitrogens is 1. The molecule has 150 valence electrons. The molecule has 12 heteroatoms. The molecule has 0 amide bonds. The van der Waals surface area contributed by atoms with Gasteiger partial charge in [0.05, 0.1) is 6.04 Å². The molecule has 0 fully saturated rings. The molecule has 6 nitrogen and oxygen atoms in total. The van der Waals surface area contributed by atoms with Crippen LogP contribution in [0.2, 0.25) is 0 Å². The number of rotatable bonds is 4. The van der Waals surface area contributed by atoms with Crippen LogP contribution in [0, 0.1) is 12.7 Å². The van der Waals surface area contributed by atoms with Gasteiger partial charge in [0.2, 0.25) is 0 Å².